The monoisotopic (exact) mass is 1410 g/mol. The van der Waals surface area contributed by atoms with Crippen molar-refractivity contribution in [3.63, 3.8) is 0 Å². The lowest BCUT2D eigenvalue weighted by atomic mass is 9.77. The molecule has 0 aromatic heterocycles. The summed E-state index contributed by atoms with van der Waals surface area (Å²) in [4.78, 5) is 186. The van der Waals surface area contributed by atoms with Crippen LogP contribution in [0.15, 0.2) is 0 Å². The highest BCUT2D eigenvalue weighted by molar-refractivity contribution is 6.00. The zero-order chi connectivity index (χ0) is 75.2. The Balaban J connectivity index is 1.97. The first-order chi connectivity index (χ1) is 46.9. The third kappa shape index (κ3) is 25.2. The van der Waals surface area contributed by atoms with Gasteiger partial charge in [0.05, 0.1) is 43.3 Å². The number of ether oxygens (including phenoxy) is 2. The SMILES string of the molecule is CC[C@H](C)[C@H]1C(=O)N[C@@H](CCC2CCC(C(=O)NC)C(OC)C2)C(=O)N[C@H](C(=O)N2CCCCC2)CC(=O)N(C)[C@H](CC(C)C)C(=O)N[C@@H](COC(C)(C)C)C(=O)N(C)[C@@H](CC(C)C)C(=O)N[C@@H]([C@@H](C)O)C(=O)N(C)[C@@H](CC2CCCCC2)C(=O)N(C)[C@@H](CC(C)C)C(=O)NCC(=O)N1C. The summed E-state index contributed by atoms with van der Waals surface area (Å²) in [5, 5.41) is 28.4. The maximum absolute atomic E-state index is 15.3. The van der Waals surface area contributed by atoms with Gasteiger partial charge in [-0.3, -0.25) is 57.5 Å². The fourth-order valence-corrected chi connectivity index (χ4v) is 14.4. The number of amides is 12. The van der Waals surface area contributed by atoms with Crippen molar-refractivity contribution in [2.24, 2.45) is 41.4 Å². The summed E-state index contributed by atoms with van der Waals surface area (Å²) < 4.78 is 12.0. The lowest BCUT2D eigenvalue weighted by Crippen LogP contribution is -2.62. The number of hydrogen-bond donors (Lipinski definition) is 7. The van der Waals surface area contributed by atoms with Gasteiger partial charge in [-0.25, -0.2) is 0 Å². The van der Waals surface area contributed by atoms with Crippen molar-refractivity contribution in [1.82, 2.24) is 61.3 Å². The van der Waals surface area contributed by atoms with E-state index in [2.05, 4.69) is 31.9 Å². The molecular weight excluding hydrogens is 1280 g/mol. The number of piperidine rings is 1. The van der Waals surface area contributed by atoms with Crippen LogP contribution in [0.3, 0.4) is 0 Å². The van der Waals surface area contributed by atoms with Crippen LogP contribution in [-0.4, -0.2) is 253 Å². The number of carbonyl (C=O) groups excluding carboxylic acids is 12. The molecule has 27 heteroatoms. The first kappa shape index (κ1) is 85.9. The van der Waals surface area contributed by atoms with E-state index in [-0.39, 0.29) is 67.6 Å². The minimum atomic E-state index is -1.65. The van der Waals surface area contributed by atoms with E-state index < -0.39 is 169 Å². The molecule has 2 saturated heterocycles. The van der Waals surface area contributed by atoms with E-state index in [1.165, 1.54) is 68.9 Å². The Hall–Kier alpha value is -6.48. The number of nitrogens with zero attached hydrogens (tertiary/aromatic N) is 6. The Morgan fingerprint density at radius 2 is 1.11 bits per heavy atom. The van der Waals surface area contributed by atoms with E-state index in [0.29, 0.717) is 58.0 Å². The standard InChI is InChI=1S/C73H128N12O15/c1-20-46(8)62-68(94)76-51(32-30-49-29-31-50(63(89)74-13)58(39-49)99-19)64(90)77-52(70(96)85-33-25-22-26-34-85)40-59(87)80(14)55(36-44(4)5)66(92)78-53(42-100-73(10,11)12)69(95)81(15)56(37-45(6)7)67(93)79-61(47(9)86)72(98)83(17)57(38-48-27-23-21-24-28-48)71(97)82(16)54(35-43(2)3)65(91)75-41-60(88)84(62)18/h43-58,61-62,86H,20-42H2,1-19H3,(H,74,89)(H,75,91)(H,76,94)(H,77,90)(H,78,92)(H,79,93)/t46-,47+,49?,50?,51-,52-,53-,54-,55+,56-,57-,58?,61-,62-/m0/s1. The molecule has 0 aromatic rings. The molecule has 2 aliphatic heterocycles. The zero-order valence-corrected chi connectivity index (χ0v) is 64.0. The molecule has 27 nitrogen and oxygen atoms in total. The van der Waals surface area contributed by atoms with Crippen LogP contribution >= 0.6 is 0 Å². The van der Waals surface area contributed by atoms with Gasteiger partial charge in [-0.1, -0.05) is 93.9 Å². The highest BCUT2D eigenvalue weighted by atomic mass is 16.5. The molecule has 100 heavy (non-hydrogen) atoms. The quantitative estimate of drug-likeness (QED) is 0.0965. The van der Waals surface area contributed by atoms with Gasteiger partial charge in [0.1, 0.15) is 54.4 Å². The molecule has 0 spiro atoms. The van der Waals surface area contributed by atoms with Crippen LogP contribution < -0.4 is 31.9 Å². The maximum atomic E-state index is 15.3. The first-order valence-electron chi connectivity index (χ1n) is 37.0. The largest absolute Gasteiger partial charge is 0.391 e. The van der Waals surface area contributed by atoms with Crippen molar-refractivity contribution in [2.45, 2.75) is 277 Å². The third-order valence-corrected chi connectivity index (χ3v) is 20.8. The molecule has 3 unspecified atom stereocenters. The normalized spacial score (nSPS) is 28.5. The summed E-state index contributed by atoms with van der Waals surface area (Å²) in [6.45, 7) is 21.0. The van der Waals surface area contributed by atoms with Gasteiger partial charge >= 0.3 is 0 Å². The van der Waals surface area contributed by atoms with Gasteiger partial charge in [0.25, 0.3) is 0 Å². The zero-order valence-electron chi connectivity index (χ0n) is 64.0. The summed E-state index contributed by atoms with van der Waals surface area (Å²) in [5.74, 6) is -9.71. The first-order valence-corrected chi connectivity index (χ1v) is 37.0. The minimum Gasteiger partial charge on any atom is -0.391 e. The van der Waals surface area contributed by atoms with Crippen molar-refractivity contribution < 1.29 is 72.1 Å². The Bertz CT molecular complexity index is 2750. The van der Waals surface area contributed by atoms with Crippen LogP contribution in [0.2, 0.25) is 0 Å². The molecule has 4 aliphatic rings. The molecular formula is C73H128N12O15. The van der Waals surface area contributed by atoms with E-state index in [4.69, 9.17) is 9.47 Å². The highest BCUT2D eigenvalue weighted by Gasteiger charge is 2.45. The second kappa shape index (κ2) is 40.4. The molecule has 12 amide bonds. The molecule has 0 bridgehead atoms. The molecule has 0 radical (unpaired) electrons. The molecule has 4 fully saturated rings. The molecule has 2 aliphatic carbocycles. The van der Waals surface area contributed by atoms with Gasteiger partial charge in [-0.2, -0.15) is 0 Å². The summed E-state index contributed by atoms with van der Waals surface area (Å²) in [6, 6.07) is -12.2. The van der Waals surface area contributed by atoms with Gasteiger partial charge in [-0.05, 0) is 140 Å². The highest BCUT2D eigenvalue weighted by Crippen LogP contribution is 2.35. The lowest BCUT2D eigenvalue weighted by molar-refractivity contribution is -0.152. The summed E-state index contributed by atoms with van der Waals surface area (Å²) in [6.07, 6.45) is 6.65. The van der Waals surface area contributed by atoms with Crippen molar-refractivity contribution >= 4 is 70.9 Å². The Labute approximate surface area is 596 Å². The second-order valence-corrected chi connectivity index (χ2v) is 31.3. The van der Waals surface area contributed by atoms with E-state index in [0.717, 1.165) is 43.4 Å². The average Bonchev–Trinajstić information content (AvgIpc) is 0.826. The molecule has 570 valence electrons. The predicted molar refractivity (Wildman–Crippen MR) is 380 cm³/mol. The summed E-state index contributed by atoms with van der Waals surface area (Å²) in [7, 11) is 10.2. The van der Waals surface area contributed by atoms with E-state index in [9.17, 15) is 29.1 Å². The fourth-order valence-electron chi connectivity index (χ4n) is 14.4. The number of hydrogen-bond acceptors (Lipinski definition) is 15. The number of aliphatic hydroxyl groups is 1. The van der Waals surface area contributed by atoms with Crippen LogP contribution in [0, 0.1) is 41.4 Å². The van der Waals surface area contributed by atoms with Gasteiger partial charge in [0.2, 0.25) is 70.9 Å². The van der Waals surface area contributed by atoms with Gasteiger partial charge in [0.15, 0.2) is 0 Å². The van der Waals surface area contributed by atoms with Gasteiger partial charge in [-0.15, -0.1) is 0 Å². The van der Waals surface area contributed by atoms with Crippen molar-refractivity contribution in [3.8, 4) is 0 Å². The van der Waals surface area contributed by atoms with Gasteiger partial charge in [0, 0.05) is 62.5 Å². The molecule has 2 saturated carbocycles. The topological polar surface area (TPSA) is 335 Å². The van der Waals surface area contributed by atoms with Crippen molar-refractivity contribution in [3.05, 3.63) is 0 Å². The van der Waals surface area contributed by atoms with Crippen molar-refractivity contribution in [1.29, 1.82) is 0 Å². The minimum absolute atomic E-state index is 0.00744. The maximum Gasteiger partial charge on any atom is 0.248 e. The molecule has 14 atom stereocenters. The molecule has 7 N–H and O–H groups in total. The Morgan fingerprint density at radius 3 is 1.65 bits per heavy atom. The van der Waals surface area contributed by atoms with Gasteiger partial charge < -0.3 is 75.9 Å². The number of aliphatic hydroxyl groups excluding tert-OH is 1. The number of carbonyl (C=O) groups is 12. The number of likely N-dealkylation sites (tertiary alicyclic amines) is 1. The smallest absolute Gasteiger partial charge is 0.248 e. The number of rotatable bonds is 19. The summed E-state index contributed by atoms with van der Waals surface area (Å²) in [5.41, 5.74) is -0.854. The Kier molecular flexibility index (Phi) is 34.7. The fraction of sp³-hybridized carbons (Fsp3) is 0.836. The van der Waals surface area contributed by atoms with E-state index >= 15 is 33.6 Å². The van der Waals surface area contributed by atoms with Crippen molar-refractivity contribution in [2.75, 3.05) is 75.6 Å². The van der Waals surface area contributed by atoms with Crippen LogP contribution in [0.5, 0.6) is 0 Å². The van der Waals surface area contributed by atoms with E-state index in [1.807, 2.05) is 48.5 Å². The third-order valence-electron chi connectivity index (χ3n) is 20.8. The number of methoxy groups -OCH3 is 1. The molecule has 4 rings (SSSR count). The number of likely N-dealkylation sites (N-methyl/N-ethyl adjacent to an activating group) is 5. The molecule has 2 heterocycles. The lowest BCUT2D eigenvalue weighted by Gasteiger charge is -2.39. The predicted octanol–water partition coefficient (Wildman–Crippen LogP) is 3.90. The van der Waals surface area contributed by atoms with Crippen LogP contribution in [-0.2, 0) is 67.0 Å². The second-order valence-electron chi connectivity index (χ2n) is 31.3. The Morgan fingerprint density at radius 1 is 0.580 bits per heavy atom. The van der Waals surface area contributed by atoms with Crippen LogP contribution in [0.4, 0.5) is 0 Å². The van der Waals surface area contributed by atoms with Crippen LogP contribution in [0.25, 0.3) is 0 Å². The average molecular weight is 1410 g/mol. The summed E-state index contributed by atoms with van der Waals surface area (Å²) >= 11 is 0. The van der Waals surface area contributed by atoms with E-state index in [1.54, 1.807) is 39.6 Å². The number of nitrogens with one attached hydrogen (secondary N) is 6. The molecule has 0 aromatic carbocycles. The van der Waals surface area contributed by atoms with Crippen LogP contribution in [0.1, 0.15) is 205 Å².